The molecule has 0 bridgehead atoms. The van der Waals surface area contributed by atoms with Gasteiger partial charge in [-0.3, -0.25) is 0 Å². The predicted molar refractivity (Wildman–Crippen MR) is 152 cm³/mol. The van der Waals surface area contributed by atoms with Gasteiger partial charge < -0.3 is 13.6 Å². The van der Waals surface area contributed by atoms with Gasteiger partial charge in [-0.15, -0.1) is 0 Å². The van der Waals surface area contributed by atoms with Crippen LogP contribution in [-0.4, -0.2) is 37.7 Å². The first-order chi connectivity index (χ1) is 17.9. The first-order valence-electron chi connectivity index (χ1n) is 12.6. The van der Waals surface area contributed by atoms with Gasteiger partial charge >= 0.3 is 5.97 Å². The Balaban J connectivity index is 1.80. The second-order valence-electron chi connectivity index (χ2n) is 11.3. The summed E-state index contributed by atoms with van der Waals surface area (Å²) in [6.07, 6.45) is 0.963. The maximum atomic E-state index is 14.1. The van der Waals surface area contributed by atoms with Crippen molar-refractivity contribution in [3.05, 3.63) is 93.9 Å². The van der Waals surface area contributed by atoms with Crippen LogP contribution in [-0.2, 0) is 14.0 Å². The molecule has 1 saturated heterocycles. The van der Waals surface area contributed by atoms with Crippen LogP contribution in [0.1, 0.15) is 55.8 Å². The lowest BCUT2D eigenvalue weighted by Crippen LogP contribution is -2.50. The van der Waals surface area contributed by atoms with Crippen molar-refractivity contribution in [1.29, 1.82) is 0 Å². The van der Waals surface area contributed by atoms with Crippen LogP contribution < -0.4 is 0 Å². The number of furan rings is 1. The minimum atomic E-state index is -2.38. The summed E-state index contributed by atoms with van der Waals surface area (Å²) in [5, 5.41) is 0.843. The average molecular weight is 572 g/mol. The lowest BCUT2D eigenvalue weighted by molar-refractivity contribution is -0.146. The fourth-order valence-electron chi connectivity index (χ4n) is 5.23. The SMILES string of the molecule is COC(=O)[C@]12[C@@H](c3ccccc3)C(O[Si](C)(C)C(C)(C)C)=N[C@@H](c3ccco3)N1[C@@H]2c1c(Cl)cccc1Cl. The topological polar surface area (TPSA) is 64.0 Å². The maximum absolute atomic E-state index is 14.1. The third-order valence-electron chi connectivity index (χ3n) is 8.14. The van der Waals surface area contributed by atoms with Gasteiger partial charge in [0, 0.05) is 15.6 Å². The molecule has 9 heteroatoms. The number of hydrogen-bond donors (Lipinski definition) is 0. The van der Waals surface area contributed by atoms with E-state index >= 15 is 0 Å². The van der Waals surface area contributed by atoms with Crippen LogP contribution in [0, 0.1) is 0 Å². The van der Waals surface area contributed by atoms with Crippen LogP contribution in [0.2, 0.25) is 28.2 Å². The van der Waals surface area contributed by atoms with E-state index in [2.05, 4.69) is 33.9 Å². The number of rotatable bonds is 5. The van der Waals surface area contributed by atoms with Crippen molar-refractivity contribution in [2.75, 3.05) is 7.11 Å². The average Bonchev–Trinajstić information content (AvgIpc) is 3.23. The first-order valence-corrected chi connectivity index (χ1v) is 16.3. The molecule has 0 radical (unpaired) electrons. The van der Waals surface area contributed by atoms with E-state index in [9.17, 15) is 4.79 Å². The maximum Gasteiger partial charge on any atom is 0.329 e. The van der Waals surface area contributed by atoms with Gasteiger partial charge in [-0.1, -0.05) is 80.4 Å². The van der Waals surface area contributed by atoms with Crippen molar-refractivity contribution in [2.45, 2.75) is 62.6 Å². The lowest BCUT2D eigenvalue weighted by Gasteiger charge is -2.41. The van der Waals surface area contributed by atoms with Crippen molar-refractivity contribution in [3.63, 3.8) is 0 Å². The van der Waals surface area contributed by atoms with Gasteiger partial charge in [0.15, 0.2) is 17.6 Å². The van der Waals surface area contributed by atoms with Crippen molar-refractivity contribution in [1.82, 2.24) is 4.90 Å². The molecule has 3 heterocycles. The van der Waals surface area contributed by atoms with Gasteiger partial charge in [0.2, 0.25) is 0 Å². The second kappa shape index (κ2) is 9.56. The Morgan fingerprint density at radius 2 is 1.68 bits per heavy atom. The van der Waals surface area contributed by atoms with Crippen molar-refractivity contribution < 1.29 is 18.4 Å². The summed E-state index contributed by atoms with van der Waals surface area (Å²) in [4.78, 5) is 21.2. The van der Waals surface area contributed by atoms with E-state index < -0.39 is 38.0 Å². The molecular weight excluding hydrogens is 539 g/mol. The Morgan fingerprint density at radius 1 is 1.03 bits per heavy atom. The lowest BCUT2D eigenvalue weighted by atomic mass is 9.80. The summed E-state index contributed by atoms with van der Waals surface area (Å²) < 4.78 is 18.3. The van der Waals surface area contributed by atoms with Crippen LogP contribution in [0.4, 0.5) is 0 Å². The molecule has 5 rings (SSSR count). The smallest absolute Gasteiger partial charge is 0.329 e. The summed E-state index contributed by atoms with van der Waals surface area (Å²) in [5.41, 5.74) is 0.341. The molecule has 6 nitrogen and oxygen atoms in total. The first kappa shape index (κ1) is 27.0. The highest BCUT2D eigenvalue weighted by Gasteiger charge is 2.79. The molecule has 3 aromatic rings. The number of nitrogens with zero attached hydrogens (tertiary/aromatic N) is 2. The summed E-state index contributed by atoms with van der Waals surface area (Å²) >= 11 is 13.5. The number of fused-ring (bicyclic) bond motifs is 1. The van der Waals surface area contributed by atoms with Crippen LogP contribution >= 0.6 is 23.2 Å². The number of ether oxygens (including phenoxy) is 1. The molecule has 2 aliphatic rings. The summed E-state index contributed by atoms with van der Waals surface area (Å²) in [5.74, 6) is 0.118. The molecule has 0 amide bonds. The highest BCUT2D eigenvalue weighted by atomic mass is 35.5. The van der Waals surface area contributed by atoms with E-state index in [4.69, 9.17) is 41.8 Å². The Morgan fingerprint density at radius 3 is 2.24 bits per heavy atom. The fraction of sp³-hybridized carbons (Fsp3) is 0.379. The van der Waals surface area contributed by atoms with Gasteiger partial charge in [0.25, 0.3) is 8.32 Å². The molecule has 1 aromatic heterocycles. The molecule has 2 aromatic carbocycles. The van der Waals surface area contributed by atoms with E-state index in [0.29, 0.717) is 27.3 Å². The molecule has 0 N–H and O–H groups in total. The van der Waals surface area contributed by atoms with E-state index in [0.717, 1.165) is 5.56 Å². The van der Waals surface area contributed by atoms with Crippen LogP contribution in [0.5, 0.6) is 0 Å². The number of hydrogen-bond acceptors (Lipinski definition) is 6. The number of carbonyl (C=O) groups excluding carboxylic acids is 1. The number of esters is 1. The Kier molecular flexibility index (Phi) is 6.79. The molecule has 1 fully saturated rings. The number of methoxy groups -OCH3 is 1. The number of halogens is 2. The number of benzene rings is 2. The van der Waals surface area contributed by atoms with Crippen molar-refractivity contribution in [3.8, 4) is 0 Å². The normalized spacial score (nSPS) is 26.8. The molecule has 0 saturated carbocycles. The molecule has 0 spiro atoms. The molecule has 1 unspecified atom stereocenters. The quantitative estimate of drug-likeness (QED) is 0.178. The fourth-order valence-corrected chi connectivity index (χ4v) is 6.84. The zero-order chi connectivity index (χ0) is 27.5. The zero-order valence-corrected chi connectivity index (χ0v) is 24.9. The Bertz CT molecular complexity index is 1350. The number of carbonyl (C=O) groups is 1. The van der Waals surface area contributed by atoms with Crippen molar-refractivity contribution >= 4 is 43.4 Å². The molecule has 38 heavy (non-hydrogen) atoms. The van der Waals surface area contributed by atoms with Crippen LogP contribution in [0.3, 0.4) is 0 Å². The van der Waals surface area contributed by atoms with Gasteiger partial charge in [-0.2, -0.15) is 0 Å². The molecule has 200 valence electrons. The molecule has 2 aliphatic heterocycles. The second-order valence-corrected chi connectivity index (χ2v) is 16.9. The highest BCUT2D eigenvalue weighted by molar-refractivity contribution is 6.75. The summed E-state index contributed by atoms with van der Waals surface area (Å²) in [6, 6.07) is 18.3. The number of aliphatic imine (C=N–C) groups is 1. The third kappa shape index (κ3) is 4.11. The molecular formula is C29H32Cl2N2O4Si. The van der Waals surface area contributed by atoms with Gasteiger partial charge in [0.05, 0.1) is 25.3 Å². The van der Waals surface area contributed by atoms with Gasteiger partial charge in [0.1, 0.15) is 5.76 Å². The van der Waals surface area contributed by atoms with Gasteiger partial charge in [-0.05, 0) is 48.0 Å². The van der Waals surface area contributed by atoms with Crippen molar-refractivity contribution in [2.24, 2.45) is 4.99 Å². The Hall–Kier alpha value is -2.58. The predicted octanol–water partition coefficient (Wildman–Crippen LogP) is 7.77. The third-order valence-corrected chi connectivity index (χ3v) is 13.1. The van der Waals surface area contributed by atoms with E-state index in [-0.39, 0.29) is 5.04 Å². The minimum absolute atomic E-state index is 0.0957. The van der Waals surface area contributed by atoms with E-state index in [1.54, 1.807) is 24.5 Å². The summed E-state index contributed by atoms with van der Waals surface area (Å²) in [7, 11) is -0.972. The van der Waals surface area contributed by atoms with Gasteiger partial charge in [-0.25, -0.2) is 14.7 Å². The minimum Gasteiger partial charge on any atom is -0.533 e. The van der Waals surface area contributed by atoms with E-state index in [1.807, 2.05) is 47.4 Å². The monoisotopic (exact) mass is 570 g/mol. The largest absolute Gasteiger partial charge is 0.533 e. The highest BCUT2D eigenvalue weighted by Crippen LogP contribution is 2.69. The molecule has 0 aliphatic carbocycles. The zero-order valence-electron chi connectivity index (χ0n) is 22.4. The standard InChI is InChI=1S/C29H32Cl2N2O4Si/c1-28(2,3)38(5,6)37-26-23(18-12-8-7-9-13-18)29(27(34)35-4)24(22-19(30)14-10-15-20(22)31)33(29)25(32-26)21-16-11-17-36-21/h7-17,23-25H,1-6H3/t23-,24+,25+,29+,33?/m0/s1. The molecule has 5 atom stereocenters. The van der Waals surface area contributed by atoms with Crippen LogP contribution in [0.25, 0.3) is 0 Å². The summed E-state index contributed by atoms with van der Waals surface area (Å²) in [6.45, 7) is 10.9. The Labute approximate surface area is 234 Å². The van der Waals surface area contributed by atoms with E-state index in [1.165, 1.54) is 7.11 Å². The van der Waals surface area contributed by atoms with Crippen LogP contribution in [0.15, 0.2) is 76.3 Å².